The van der Waals surface area contributed by atoms with E-state index in [1.54, 1.807) is 26.8 Å². The second kappa shape index (κ2) is 6.05. The summed E-state index contributed by atoms with van der Waals surface area (Å²) in [5.74, 6) is -1.54. The third kappa shape index (κ3) is 3.97. The first-order valence-electron chi connectivity index (χ1n) is 7.00. The molecule has 0 saturated heterocycles. The van der Waals surface area contributed by atoms with Gasteiger partial charge in [0.15, 0.2) is 0 Å². The number of aromatic nitrogens is 1. The van der Waals surface area contributed by atoms with Gasteiger partial charge < -0.3 is 14.8 Å². The van der Waals surface area contributed by atoms with E-state index in [1.165, 1.54) is 6.08 Å². The maximum atomic E-state index is 11.7. The standard InChI is InChI=1S/C17H19NO4/c1-17(2,3)22-15(19)9-8-12(16(20)21)14-10-11-6-4-5-7-13(11)18-14/h4-8,10,18H,9H2,1-3H3,(H,20,21). The SMILES string of the molecule is CC(C)(C)OC(=O)CC=C(C(=O)O)c1cc2ccccc2[nH]1. The van der Waals surface area contributed by atoms with Crippen molar-refractivity contribution in [3.05, 3.63) is 42.1 Å². The molecule has 1 heterocycles. The molecule has 0 aliphatic carbocycles. The number of hydrogen-bond donors (Lipinski definition) is 2. The third-order valence-corrected chi connectivity index (χ3v) is 2.94. The van der Waals surface area contributed by atoms with Gasteiger partial charge in [-0.3, -0.25) is 4.79 Å². The molecule has 2 N–H and O–H groups in total. The third-order valence-electron chi connectivity index (χ3n) is 2.94. The maximum Gasteiger partial charge on any atom is 0.337 e. The van der Waals surface area contributed by atoms with Crippen molar-refractivity contribution in [2.45, 2.75) is 32.8 Å². The molecule has 2 rings (SSSR count). The van der Waals surface area contributed by atoms with Gasteiger partial charge in [-0.25, -0.2) is 4.79 Å². The van der Waals surface area contributed by atoms with Gasteiger partial charge in [0.25, 0.3) is 0 Å². The highest BCUT2D eigenvalue weighted by Gasteiger charge is 2.17. The van der Waals surface area contributed by atoms with E-state index >= 15 is 0 Å². The minimum atomic E-state index is -1.09. The normalized spacial score (nSPS) is 12.4. The highest BCUT2D eigenvalue weighted by molar-refractivity contribution is 6.16. The molecule has 2 aromatic rings. The molecule has 1 aromatic heterocycles. The summed E-state index contributed by atoms with van der Waals surface area (Å²) in [5.41, 5.74) is 0.788. The van der Waals surface area contributed by atoms with E-state index in [0.717, 1.165) is 10.9 Å². The molecule has 0 amide bonds. The van der Waals surface area contributed by atoms with Gasteiger partial charge in [-0.2, -0.15) is 0 Å². The van der Waals surface area contributed by atoms with Crippen molar-refractivity contribution in [3.8, 4) is 0 Å². The molecular formula is C17H19NO4. The van der Waals surface area contributed by atoms with Crippen LogP contribution in [0.1, 0.15) is 32.9 Å². The molecule has 0 fully saturated rings. The van der Waals surface area contributed by atoms with Gasteiger partial charge >= 0.3 is 11.9 Å². The number of benzene rings is 1. The van der Waals surface area contributed by atoms with Crippen LogP contribution in [-0.4, -0.2) is 27.6 Å². The van der Waals surface area contributed by atoms with Crippen molar-refractivity contribution in [1.29, 1.82) is 0 Å². The summed E-state index contributed by atoms with van der Waals surface area (Å²) in [4.78, 5) is 26.2. The summed E-state index contributed by atoms with van der Waals surface area (Å²) in [5, 5.41) is 10.3. The van der Waals surface area contributed by atoms with Gasteiger partial charge in [-0.05, 0) is 32.9 Å². The van der Waals surface area contributed by atoms with Crippen LogP contribution in [0.4, 0.5) is 0 Å². The number of esters is 1. The van der Waals surface area contributed by atoms with Crippen LogP contribution < -0.4 is 0 Å². The van der Waals surface area contributed by atoms with Crippen LogP contribution in [0.2, 0.25) is 0 Å². The van der Waals surface area contributed by atoms with E-state index < -0.39 is 17.5 Å². The maximum absolute atomic E-state index is 11.7. The zero-order chi connectivity index (χ0) is 16.3. The highest BCUT2D eigenvalue weighted by atomic mass is 16.6. The molecule has 0 atom stereocenters. The molecule has 5 heteroatoms. The lowest BCUT2D eigenvalue weighted by atomic mass is 10.1. The monoisotopic (exact) mass is 301 g/mol. The number of carboxylic acid groups (broad SMARTS) is 1. The summed E-state index contributed by atoms with van der Waals surface area (Å²) in [6.07, 6.45) is 1.29. The lowest BCUT2D eigenvalue weighted by Crippen LogP contribution is -2.23. The lowest BCUT2D eigenvalue weighted by Gasteiger charge is -2.18. The number of carbonyl (C=O) groups is 2. The van der Waals surface area contributed by atoms with Gasteiger partial charge in [0.2, 0.25) is 0 Å². The Morgan fingerprint density at radius 2 is 1.95 bits per heavy atom. The summed E-state index contributed by atoms with van der Waals surface area (Å²) >= 11 is 0. The van der Waals surface area contributed by atoms with Crippen LogP contribution >= 0.6 is 0 Å². The molecular weight excluding hydrogens is 282 g/mol. The van der Waals surface area contributed by atoms with Gasteiger partial charge in [-0.1, -0.05) is 24.3 Å². The van der Waals surface area contributed by atoms with Crippen LogP contribution in [0.15, 0.2) is 36.4 Å². The first-order chi connectivity index (χ1) is 10.3. The smallest absolute Gasteiger partial charge is 0.337 e. The molecule has 0 radical (unpaired) electrons. The van der Waals surface area contributed by atoms with E-state index in [1.807, 2.05) is 24.3 Å². The van der Waals surface area contributed by atoms with Crippen LogP contribution in [0, 0.1) is 0 Å². The Balaban J connectivity index is 2.24. The van der Waals surface area contributed by atoms with Gasteiger partial charge in [0.05, 0.1) is 17.7 Å². The second-order valence-corrected chi connectivity index (χ2v) is 5.98. The number of H-pyrrole nitrogens is 1. The Kier molecular flexibility index (Phi) is 4.35. The Hall–Kier alpha value is -2.56. The Labute approximate surface area is 128 Å². The predicted octanol–water partition coefficient (Wildman–Crippen LogP) is 3.37. The first kappa shape index (κ1) is 15.8. The highest BCUT2D eigenvalue weighted by Crippen LogP contribution is 2.21. The number of hydrogen-bond acceptors (Lipinski definition) is 3. The zero-order valence-electron chi connectivity index (χ0n) is 12.8. The fourth-order valence-electron chi connectivity index (χ4n) is 2.10. The molecule has 0 aliphatic heterocycles. The van der Waals surface area contributed by atoms with Crippen LogP contribution in [-0.2, 0) is 14.3 Å². The Morgan fingerprint density at radius 3 is 2.55 bits per heavy atom. The largest absolute Gasteiger partial charge is 0.478 e. The number of nitrogens with one attached hydrogen (secondary N) is 1. The number of carbonyl (C=O) groups excluding carboxylic acids is 1. The van der Waals surface area contributed by atoms with Gasteiger partial charge in [-0.15, -0.1) is 0 Å². The van der Waals surface area contributed by atoms with Crippen molar-refractivity contribution < 1.29 is 19.4 Å². The van der Waals surface area contributed by atoms with Gasteiger partial charge in [0, 0.05) is 10.9 Å². The minimum Gasteiger partial charge on any atom is -0.478 e. The summed E-state index contributed by atoms with van der Waals surface area (Å²) < 4.78 is 5.18. The number of ether oxygens (including phenoxy) is 1. The number of rotatable bonds is 4. The Bertz CT molecular complexity index is 701. The van der Waals surface area contributed by atoms with Gasteiger partial charge in [0.1, 0.15) is 5.60 Å². The van der Waals surface area contributed by atoms with Crippen LogP contribution in [0.3, 0.4) is 0 Å². The van der Waals surface area contributed by atoms with Crippen LogP contribution in [0.25, 0.3) is 16.5 Å². The number of aromatic amines is 1. The number of fused-ring (bicyclic) bond motifs is 1. The molecule has 116 valence electrons. The summed E-state index contributed by atoms with van der Waals surface area (Å²) in [6, 6.07) is 9.26. The van der Waals surface area contributed by atoms with Crippen LogP contribution in [0.5, 0.6) is 0 Å². The average Bonchev–Trinajstić information content (AvgIpc) is 2.79. The number of para-hydroxylation sites is 1. The van der Waals surface area contributed by atoms with E-state index in [2.05, 4.69) is 4.98 Å². The summed E-state index contributed by atoms with van der Waals surface area (Å²) in [7, 11) is 0. The quantitative estimate of drug-likeness (QED) is 0.670. The fourth-order valence-corrected chi connectivity index (χ4v) is 2.10. The van der Waals surface area contributed by atoms with Crippen molar-refractivity contribution >= 4 is 28.4 Å². The molecule has 0 spiro atoms. The van der Waals surface area contributed by atoms with Crippen molar-refractivity contribution in [1.82, 2.24) is 4.98 Å². The van der Waals surface area contributed by atoms with E-state index in [0.29, 0.717) is 5.69 Å². The number of carboxylic acids is 1. The van der Waals surface area contributed by atoms with Crippen molar-refractivity contribution in [2.24, 2.45) is 0 Å². The molecule has 0 aliphatic rings. The molecule has 0 saturated carbocycles. The first-order valence-corrected chi connectivity index (χ1v) is 7.00. The van der Waals surface area contributed by atoms with Crippen molar-refractivity contribution in [3.63, 3.8) is 0 Å². The number of aliphatic carboxylic acids is 1. The zero-order valence-corrected chi connectivity index (χ0v) is 12.8. The molecule has 0 unspecified atom stereocenters. The topological polar surface area (TPSA) is 79.4 Å². The Morgan fingerprint density at radius 1 is 1.27 bits per heavy atom. The van der Waals surface area contributed by atoms with E-state index in [-0.39, 0.29) is 12.0 Å². The fraction of sp³-hybridized carbons (Fsp3) is 0.294. The molecule has 22 heavy (non-hydrogen) atoms. The van der Waals surface area contributed by atoms with E-state index in [9.17, 15) is 14.7 Å². The van der Waals surface area contributed by atoms with E-state index in [4.69, 9.17) is 4.74 Å². The summed E-state index contributed by atoms with van der Waals surface area (Å²) in [6.45, 7) is 5.30. The molecule has 0 bridgehead atoms. The predicted molar refractivity (Wildman–Crippen MR) is 84.4 cm³/mol. The molecule has 1 aromatic carbocycles. The average molecular weight is 301 g/mol. The minimum absolute atomic E-state index is 0.0575. The lowest BCUT2D eigenvalue weighted by molar-refractivity contribution is -0.153. The molecule has 5 nitrogen and oxygen atoms in total. The second-order valence-electron chi connectivity index (χ2n) is 5.98. The van der Waals surface area contributed by atoms with Crippen molar-refractivity contribution in [2.75, 3.05) is 0 Å².